The molecule has 1 aliphatic heterocycles. The molecule has 2 atom stereocenters. The lowest BCUT2D eigenvalue weighted by atomic mass is 9.94. The molecule has 2 N–H and O–H groups in total. The zero-order chi connectivity index (χ0) is 18.0. The second kappa shape index (κ2) is 7.11. The molecule has 4 rings (SSSR count). The average Bonchev–Trinajstić information content (AvgIpc) is 3.39. The van der Waals surface area contributed by atoms with Crippen LogP contribution in [-0.4, -0.2) is 30.3 Å². The third-order valence-corrected chi connectivity index (χ3v) is 5.95. The highest BCUT2D eigenvalue weighted by atomic mass is 32.1. The molecule has 134 valence electrons. The first kappa shape index (κ1) is 17.1. The van der Waals surface area contributed by atoms with E-state index in [1.807, 2.05) is 46.5 Å². The first-order chi connectivity index (χ1) is 12.7. The summed E-state index contributed by atoms with van der Waals surface area (Å²) in [5, 5.41) is 19.8. The molecule has 5 nitrogen and oxygen atoms in total. The van der Waals surface area contributed by atoms with Gasteiger partial charge in [0.2, 0.25) is 6.10 Å². The van der Waals surface area contributed by atoms with Crippen molar-refractivity contribution < 1.29 is 19.4 Å². The molecule has 2 unspecified atom stereocenters. The van der Waals surface area contributed by atoms with Crippen molar-refractivity contribution >= 4 is 28.6 Å². The maximum atomic E-state index is 12.6. The largest absolute Gasteiger partial charge is 0.485 e. The van der Waals surface area contributed by atoms with Crippen LogP contribution in [0.4, 0.5) is 0 Å². The van der Waals surface area contributed by atoms with Crippen molar-refractivity contribution in [3.05, 3.63) is 69.0 Å². The summed E-state index contributed by atoms with van der Waals surface area (Å²) < 4.78 is 11.3. The molecule has 1 aromatic carbocycles. The van der Waals surface area contributed by atoms with Crippen molar-refractivity contribution in [3.63, 3.8) is 0 Å². The lowest BCUT2D eigenvalue weighted by molar-refractivity contribution is -0.131. The third-order valence-electron chi connectivity index (χ3n) is 4.25. The number of thiophene rings is 2. The van der Waals surface area contributed by atoms with E-state index in [1.165, 1.54) is 22.7 Å². The van der Waals surface area contributed by atoms with Crippen LogP contribution in [0.25, 0.3) is 0 Å². The molecule has 0 aliphatic carbocycles. The Hall–Kier alpha value is -2.35. The highest BCUT2D eigenvalue weighted by molar-refractivity contribution is 7.10. The number of fused-ring (bicyclic) bond motifs is 1. The molecule has 3 heterocycles. The van der Waals surface area contributed by atoms with Gasteiger partial charge in [-0.05, 0) is 40.4 Å². The van der Waals surface area contributed by atoms with Crippen LogP contribution in [0.2, 0.25) is 0 Å². The third kappa shape index (κ3) is 3.21. The molecule has 1 amide bonds. The summed E-state index contributed by atoms with van der Waals surface area (Å²) in [5.41, 5.74) is -0.506. The summed E-state index contributed by atoms with van der Waals surface area (Å²) in [7, 11) is 0. The number of ether oxygens (including phenoxy) is 2. The van der Waals surface area contributed by atoms with E-state index in [9.17, 15) is 9.90 Å². The number of para-hydroxylation sites is 2. The van der Waals surface area contributed by atoms with Crippen LogP contribution >= 0.6 is 22.7 Å². The van der Waals surface area contributed by atoms with Gasteiger partial charge in [-0.15, -0.1) is 11.3 Å². The number of benzene rings is 1. The van der Waals surface area contributed by atoms with Gasteiger partial charge in [0.05, 0.1) is 6.54 Å². The Bertz CT molecular complexity index is 843. The van der Waals surface area contributed by atoms with Crippen LogP contribution in [0, 0.1) is 0 Å². The lowest BCUT2D eigenvalue weighted by Gasteiger charge is -2.29. The van der Waals surface area contributed by atoms with Crippen LogP contribution in [0.15, 0.2) is 58.6 Å². The average molecular weight is 387 g/mol. The highest BCUT2D eigenvalue weighted by Crippen LogP contribution is 2.34. The SMILES string of the molecule is O=C(NCC(O)(c1ccsc1)c1cccs1)C1COc2ccccc2O1. The molecule has 3 aromatic rings. The number of amides is 1. The minimum atomic E-state index is -1.27. The summed E-state index contributed by atoms with van der Waals surface area (Å²) in [6.45, 7) is 0.198. The molecule has 0 saturated carbocycles. The molecule has 7 heteroatoms. The van der Waals surface area contributed by atoms with E-state index in [0.717, 1.165) is 10.4 Å². The molecule has 26 heavy (non-hydrogen) atoms. The van der Waals surface area contributed by atoms with Crippen molar-refractivity contribution in [2.75, 3.05) is 13.2 Å². The van der Waals surface area contributed by atoms with Crippen molar-refractivity contribution in [1.29, 1.82) is 0 Å². The van der Waals surface area contributed by atoms with Gasteiger partial charge in [-0.2, -0.15) is 11.3 Å². The first-order valence-corrected chi connectivity index (χ1v) is 9.94. The number of hydrogen-bond donors (Lipinski definition) is 2. The minimum Gasteiger partial charge on any atom is -0.485 e. The highest BCUT2D eigenvalue weighted by Gasteiger charge is 2.35. The van der Waals surface area contributed by atoms with Crippen molar-refractivity contribution in [1.82, 2.24) is 5.32 Å². The number of rotatable bonds is 5. The molecule has 0 spiro atoms. The second-order valence-corrected chi connectivity index (χ2v) is 7.66. The normalized spacial score (nSPS) is 18.1. The van der Waals surface area contributed by atoms with Crippen LogP contribution in [0.3, 0.4) is 0 Å². The van der Waals surface area contributed by atoms with Crippen LogP contribution in [0.5, 0.6) is 11.5 Å². The maximum absolute atomic E-state index is 12.6. The predicted molar refractivity (Wildman–Crippen MR) is 101 cm³/mol. The second-order valence-electron chi connectivity index (χ2n) is 5.93. The Kier molecular flexibility index (Phi) is 4.67. The first-order valence-electron chi connectivity index (χ1n) is 8.12. The van der Waals surface area contributed by atoms with Gasteiger partial charge in [0.15, 0.2) is 11.5 Å². The van der Waals surface area contributed by atoms with E-state index in [2.05, 4.69) is 5.32 Å². The van der Waals surface area contributed by atoms with E-state index in [4.69, 9.17) is 9.47 Å². The van der Waals surface area contributed by atoms with Crippen molar-refractivity contribution in [2.45, 2.75) is 11.7 Å². The summed E-state index contributed by atoms with van der Waals surface area (Å²) in [6.07, 6.45) is -0.750. The number of carbonyl (C=O) groups is 1. The van der Waals surface area contributed by atoms with Crippen LogP contribution < -0.4 is 14.8 Å². The monoisotopic (exact) mass is 387 g/mol. The van der Waals surface area contributed by atoms with E-state index >= 15 is 0 Å². The van der Waals surface area contributed by atoms with E-state index in [1.54, 1.807) is 12.1 Å². The topological polar surface area (TPSA) is 67.8 Å². The summed E-state index contributed by atoms with van der Waals surface area (Å²) in [5.74, 6) is 0.861. The van der Waals surface area contributed by atoms with Gasteiger partial charge in [0, 0.05) is 10.4 Å². The fraction of sp³-hybridized carbons (Fsp3) is 0.211. The summed E-state index contributed by atoms with van der Waals surface area (Å²) >= 11 is 2.96. The number of nitrogens with one attached hydrogen (secondary N) is 1. The van der Waals surface area contributed by atoms with Gasteiger partial charge in [0.25, 0.3) is 5.91 Å². The number of carbonyl (C=O) groups excluding carboxylic acids is 1. The molecule has 0 radical (unpaired) electrons. The van der Waals surface area contributed by atoms with Gasteiger partial charge in [-0.25, -0.2) is 0 Å². The maximum Gasteiger partial charge on any atom is 0.264 e. The quantitative estimate of drug-likeness (QED) is 0.706. The zero-order valence-corrected chi connectivity index (χ0v) is 15.4. The molecular weight excluding hydrogens is 370 g/mol. The van der Waals surface area contributed by atoms with Gasteiger partial charge in [-0.1, -0.05) is 18.2 Å². The van der Waals surface area contributed by atoms with Gasteiger partial charge in [-0.3, -0.25) is 4.79 Å². The Balaban J connectivity index is 1.48. The number of aliphatic hydroxyl groups is 1. The molecule has 0 fully saturated rings. The lowest BCUT2D eigenvalue weighted by Crippen LogP contribution is -2.48. The summed E-state index contributed by atoms with van der Waals surface area (Å²) in [4.78, 5) is 13.4. The van der Waals surface area contributed by atoms with Crippen LogP contribution in [0.1, 0.15) is 10.4 Å². The molecular formula is C19H17NO4S2. The van der Waals surface area contributed by atoms with Crippen molar-refractivity contribution in [2.24, 2.45) is 0 Å². The Labute approximate surface area is 158 Å². The molecule has 1 aliphatic rings. The fourth-order valence-electron chi connectivity index (χ4n) is 2.82. The Morgan fingerprint density at radius 1 is 1.19 bits per heavy atom. The van der Waals surface area contributed by atoms with E-state index < -0.39 is 11.7 Å². The van der Waals surface area contributed by atoms with Crippen LogP contribution in [-0.2, 0) is 10.4 Å². The van der Waals surface area contributed by atoms with Gasteiger partial charge >= 0.3 is 0 Å². The fourth-order valence-corrected chi connectivity index (χ4v) is 4.39. The van der Waals surface area contributed by atoms with E-state index in [0.29, 0.717) is 11.5 Å². The van der Waals surface area contributed by atoms with E-state index in [-0.39, 0.29) is 19.1 Å². The predicted octanol–water partition coefficient (Wildman–Crippen LogP) is 3.00. The molecule has 0 saturated heterocycles. The van der Waals surface area contributed by atoms with Crippen molar-refractivity contribution in [3.8, 4) is 11.5 Å². The number of hydrogen-bond acceptors (Lipinski definition) is 6. The standard InChI is InChI=1S/C19H17NO4S2/c21-18(16-10-23-14-4-1-2-5-15(14)24-16)20-12-19(22,13-7-9-25-11-13)17-6-3-8-26-17/h1-9,11,16,22H,10,12H2,(H,20,21). The Morgan fingerprint density at radius 3 is 2.77 bits per heavy atom. The van der Waals surface area contributed by atoms with Gasteiger partial charge < -0.3 is 19.9 Å². The Morgan fingerprint density at radius 2 is 2.04 bits per heavy atom. The molecule has 0 bridgehead atoms. The van der Waals surface area contributed by atoms with Gasteiger partial charge in [0.1, 0.15) is 12.2 Å². The smallest absolute Gasteiger partial charge is 0.264 e. The summed E-state index contributed by atoms with van der Waals surface area (Å²) in [6, 6.07) is 12.9. The minimum absolute atomic E-state index is 0.0601. The zero-order valence-electron chi connectivity index (χ0n) is 13.8. The molecule has 2 aromatic heterocycles.